The number of nitrogens with one attached hydrogen (secondary N) is 4. The summed E-state index contributed by atoms with van der Waals surface area (Å²) in [6.45, 7) is 11.4. The summed E-state index contributed by atoms with van der Waals surface area (Å²) in [5.74, 6) is 4.02. The van der Waals surface area contributed by atoms with Gasteiger partial charge in [-0.2, -0.15) is 11.8 Å². The molecule has 15 N–H and O–H groups in total. The predicted octanol–water partition coefficient (Wildman–Crippen LogP) is 1.67. The summed E-state index contributed by atoms with van der Waals surface area (Å²) >= 11 is 7.67. The third-order valence-corrected chi connectivity index (χ3v) is 13.8. The van der Waals surface area contributed by atoms with Crippen LogP contribution in [0.1, 0.15) is 90.2 Å². The number of hydroxylamine groups is 2. The maximum absolute atomic E-state index is 12.2. The van der Waals surface area contributed by atoms with Gasteiger partial charge in [0.2, 0.25) is 18.2 Å². The number of amides is 4. The molecular formula is C54H91ClN8O15S. The number of carboxylic acid groups (broad SMARTS) is 1. The summed E-state index contributed by atoms with van der Waals surface area (Å²) in [6, 6.07) is 15.7. The molecule has 0 bridgehead atoms. The highest BCUT2D eigenvalue weighted by Crippen LogP contribution is 2.31. The number of nitrogens with zero attached hydrogens (tertiary/aromatic N) is 2. The zero-order valence-corrected chi connectivity index (χ0v) is 48.2. The molecule has 0 radical (unpaired) electrons. The molecule has 79 heavy (non-hydrogen) atoms. The Hall–Kier alpha value is -4.67. The lowest BCUT2D eigenvalue weighted by atomic mass is 9.94. The number of aliphatic hydroxyl groups excluding tert-OH is 5. The van der Waals surface area contributed by atoms with E-state index in [9.17, 15) is 39.4 Å². The van der Waals surface area contributed by atoms with Crippen LogP contribution in [0.3, 0.4) is 0 Å². The molecule has 0 aromatic heterocycles. The summed E-state index contributed by atoms with van der Waals surface area (Å²) in [5.41, 5.74) is 7.25. The minimum absolute atomic E-state index is 0.0512. The second kappa shape index (κ2) is 41.3. The van der Waals surface area contributed by atoms with E-state index < -0.39 is 36.7 Å². The monoisotopic (exact) mass is 1160 g/mol. The second-order valence-corrected chi connectivity index (χ2v) is 22.4. The number of thioether (sulfide) groups is 1. The van der Waals surface area contributed by atoms with Crippen LogP contribution in [-0.4, -0.2) is 197 Å². The fraction of sp³-hybridized carbons (Fsp3) is 0.648. The number of benzene rings is 2. The number of carboxylic acids is 1. The molecule has 0 spiro atoms. The zero-order chi connectivity index (χ0) is 59.2. The van der Waals surface area contributed by atoms with Crippen molar-refractivity contribution in [2.24, 2.45) is 22.4 Å². The molecule has 23 nitrogen and oxygen atoms in total. The maximum Gasteiger partial charge on any atom is 0.332 e. The van der Waals surface area contributed by atoms with Crippen molar-refractivity contribution in [3.05, 3.63) is 82.6 Å². The van der Waals surface area contributed by atoms with Crippen LogP contribution in [0.2, 0.25) is 5.02 Å². The Morgan fingerprint density at radius 2 is 1.46 bits per heavy atom. The SMILES string of the molecule is CN[C@@H]1C(CCCCC(=O)NCCOCC(C)(C)COCC(C)(C)COCCN(N)/C=C(\N)CO)SC[C@@H]1NC=O.O=C(Cc1ccc(Cl)cc1)NCCC(O)CC(CCC(O)C(=O)O)N(O)C(=O)CO.OCc1ccccc1. The van der Waals surface area contributed by atoms with E-state index in [4.69, 9.17) is 57.8 Å². The number of hydrazine groups is 1. The number of carbonyl (C=O) groups is 5. The van der Waals surface area contributed by atoms with Crippen LogP contribution < -0.4 is 32.8 Å². The van der Waals surface area contributed by atoms with E-state index >= 15 is 0 Å². The Morgan fingerprint density at radius 3 is 2.03 bits per heavy atom. The standard InChI is InChI=1S/C28H56N6O6S.C19H27ClN2O8.C7H8O/c1-27(2,19-40-20-28(3,4)18-39-13-11-34(30)14-22(29)15-35)17-38-12-10-32-25(37)9-7-6-8-24-26(31-5)23(16-41-24)33-21-36;20-13-3-1-12(2-4-13)9-17(26)21-8-7-15(24)10-14(22(30)18(27)11-23)5-6-16(25)19(28)29;8-6-7-4-2-1-3-5-7/h14,21,23-24,26,31,35H,6-13,15-20,29-30H2,1-5H3,(H,32,37)(H,33,36);1-4,14-16,23-25,30H,5-11H2,(H,21,26)(H,28,29);1-5,8H,6H2/b22-14-;;/t23-,24?,26-;;/m0../s1. The van der Waals surface area contributed by atoms with Gasteiger partial charge >= 0.3 is 5.97 Å². The van der Waals surface area contributed by atoms with Crippen LogP contribution in [0, 0.1) is 10.8 Å². The number of hydrogen-bond donors (Lipinski definition) is 13. The smallest absolute Gasteiger partial charge is 0.332 e. The summed E-state index contributed by atoms with van der Waals surface area (Å²) < 4.78 is 17.5. The Balaban J connectivity index is 0.000000713. The number of carbonyl (C=O) groups excluding carboxylic acids is 4. The van der Waals surface area contributed by atoms with Gasteiger partial charge in [-0.1, -0.05) is 88.2 Å². The van der Waals surface area contributed by atoms with Gasteiger partial charge < -0.3 is 76.9 Å². The fourth-order valence-corrected chi connectivity index (χ4v) is 9.52. The molecule has 25 heteroatoms. The Morgan fingerprint density at radius 1 is 0.835 bits per heavy atom. The molecule has 1 aliphatic heterocycles. The Kier molecular flexibility index (Phi) is 37.9. The van der Waals surface area contributed by atoms with Gasteiger partial charge in [0.15, 0.2) is 6.10 Å². The molecule has 1 aliphatic rings. The molecule has 0 saturated carbocycles. The van der Waals surface area contributed by atoms with Crippen LogP contribution in [0.4, 0.5) is 0 Å². The quantitative estimate of drug-likeness (QED) is 0.0150. The number of hydrogen-bond acceptors (Lipinski definition) is 19. The predicted molar refractivity (Wildman–Crippen MR) is 302 cm³/mol. The first-order valence-corrected chi connectivity index (χ1v) is 27.9. The normalized spacial score (nSPS) is 16.5. The molecule has 3 rings (SSSR count). The van der Waals surface area contributed by atoms with E-state index in [-0.39, 0.29) is 91.7 Å². The molecule has 4 unspecified atom stereocenters. The van der Waals surface area contributed by atoms with Crippen LogP contribution in [0.15, 0.2) is 66.5 Å². The molecule has 1 fully saturated rings. The van der Waals surface area contributed by atoms with E-state index in [0.29, 0.717) is 75.1 Å². The number of likely N-dealkylation sites (N-methyl/N-ethyl adjacent to an activating group) is 1. The number of unbranched alkanes of at least 4 members (excludes halogenated alkanes) is 1. The number of aliphatic carboxylic acids is 1. The van der Waals surface area contributed by atoms with Crippen LogP contribution >= 0.6 is 23.4 Å². The van der Waals surface area contributed by atoms with E-state index in [1.54, 1.807) is 24.3 Å². The van der Waals surface area contributed by atoms with E-state index in [2.05, 4.69) is 49.0 Å². The van der Waals surface area contributed by atoms with Gasteiger partial charge in [-0.05, 0) is 68.8 Å². The van der Waals surface area contributed by atoms with Crippen molar-refractivity contribution in [2.45, 2.75) is 128 Å². The lowest BCUT2D eigenvalue weighted by Crippen LogP contribution is -2.48. The first-order chi connectivity index (χ1) is 37.5. The minimum atomic E-state index is -1.69. The van der Waals surface area contributed by atoms with Gasteiger partial charge in [0, 0.05) is 58.6 Å². The van der Waals surface area contributed by atoms with Gasteiger partial charge in [0.05, 0.1) is 89.7 Å². The zero-order valence-electron chi connectivity index (χ0n) is 46.6. The van der Waals surface area contributed by atoms with Crippen LogP contribution in [-0.2, 0) is 51.2 Å². The van der Waals surface area contributed by atoms with Crippen molar-refractivity contribution >= 4 is 53.5 Å². The number of rotatable bonds is 38. The van der Waals surface area contributed by atoms with Crippen LogP contribution in [0.5, 0.6) is 0 Å². The summed E-state index contributed by atoms with van der Waals surface area (Å²) in [5, 5.41) is 78.9. The Labute approximate surface area is 475 Å². The van der Waals surface area contributed by atoms with Gasteiger partial charge in [-0.3, -0.25) is 24.4 Å². The highest BCUT2D eigenvalue weighted by atomic mass is 35.5. The highest BCUT2D eigenvalue weighted by molar-refractivity contribution is 8.00. The van der Waals surface area contributed by atoms with E-state index in [1.807, 2.05) is 49.1 Å². The van der Waals surface area contributed by atoms with Gasteiger partial charge in [0.25, 0.3) is 5.91 Å². The number of ether oxygens (including phenoxy) is 3. The molecule has 2 aromatic carbocycles. The number of aliphatic hydroxyl groups is 5. The summed E-state index contributed by atoms with van der Waals surface area (Å²) in [7, 11) is 1.93. The van der Waals surface area contributed by atoms with E-state index in [0.717, 1.165) is 42.6 Å². The van der Waals surface area contributed by atoms with Crippen molar-refractivity contribution in [2.75, 3.05) is 85.3 Å². The third kappa shape index (κ3) is 34.3. The third-order valence-electron chi connectivity index (χ3n) is 12.1. The van der Waals surface area contributed by atoms with Gasteiger partial charge in [-0.15, -0.1) is 0 Å². The lowest BCUT2D eigenvalue weighted by Gasteiger charge is -2.29. The number of nitrogens with two attached hydrogens (primary N) is 2. The van der Waals surface area contributed by atoms with Gasteiger partial charge in [-0.25, -0.2) is 15.7 Å². The molecule has 450 valence electrons. The largest absolute Gasteiger partial charge is 0.479 e. The molecule has 2 aromatic rings. The van der Waals surface area contributed by atoms with Crippen molar-refractivity contribution in [3.63, 3.8) is 0 Å². The van der Waals surface area contributed by atoms with Gasteiger partial charge in [0.1, 0.15) is 6.61 Å². The first kappa shape index (κ1) is 72.3. The van der Waals surface area contributed by atoms with Crippen molar-refractivity contribution in [3.8, 4) is 0 Å². The molecular weight excluding hydrogens is 1070 g/mol. The fourth-order valence-electron chi connectivity index (χ4n) is 7.77. The first-order valence-electron chi connectivity index (χ1n) is 26.4. The topological polar surface area (TPSA) is 361 Å². The molecule has 4 amide bonds. The summed E-state index contributed by atoms with van der Waals surface area (Å²) in [4.78, 5) is 57.1. The van der Waals surface area contributed by atoms with E-state index in [1.165, 1.54) is 11.2 Å². The molecule has 1 saturated heterocycles. The average molecular weight is 1160 g/mol. The molecule has 0 aliphatic carbocycles. The lowest BCUT2D eigenvalue weighted by molar-refractivity contribution is -0.182. The average Bonchev–Trinajstić information content (AvgIpc) is 3.83. The van der Waals surface area contributed by atoms with Crippen molar-refractivity contribution in [1.29, 1.82) is 0 Å². The number of halogens is 1. The van der Waals surface area contributed by atoms with Crippen molar-refractivity contribution < 1.29 is 74.0 Å². The highest BCUT2D eigenvalue weighted by Gasteiger charge is 2.35. The second-order valence-electron chi connectivity index (χ2n) is 20.7. The maximum atomic E-state index is 12.2. The van der Waals surface area contributed by atoms with Crippen molar-refractivity contribution in [1.82, 2.24) is 31.3 Å². The summed E-state index contributed by atoms with van der Waals surface area (Å²) in [6.07, 6.45) is 2.65. The Bertz CT molecular complexity index is 2030. The molecule has 6 atom stereocenters. The van der Waals surface area contributed by atoms with Crippen LogP contribution in [0.25, 0.3) is 0 Å². The minimum Gasteiger partial charge on any atom is -0.479 e. The molecule has 1 heterocycles.